The fourth-order valence-electron chi connectivity index (χ4n) is 4.21. The molecule has 34 heavy (non-hydrogen) atoms. The summed E-state index contributed by atoms with van der Waals surface area (Å²) < 4.78 is 16.1. The van der Waals surface area contributed by atoms with Crippen LogP contribution in [0.3, 0.4) is 0 Å². The van der Waals surface area contributed by atoms with Crippen molar-refractivity contribution in [1.82, 2.24) is 14.7 Å². The summed E-state index contributed by atoms with van der Waals surface area (Å²) in [5, 5.41) is 16.3. The summed E-state index contributed by atoms with van der Waals surface area (Å²) in [6.45, 7) is 1.89. The number of anilines is 1. The van der Waals surface area contributed by atoms with Crippen molar-refractivity contribution in [2.45, 2.75) is 25.5 Å². The molecular formula is C25H20ClFN4O3. The zero-order chi connectivity index (χ0) is 24.0. The summed E-state index contributed by atoms with van der Waals surface area (Å²) in [6.07, 6.45) is 2.72. The van der Waals surface area contributed by atoms with Gasteiger partial charge in [-0.1, -0.05) is 23.7 Å². The second-order valence-electron chi connectivity index (χ2n) is 8.29. The highest BCUT2D eigenvalue weighted by molar-refractivity contribution is 6.30. The monoisotopic (exact) mass is 478 g/mol. The summed E-state index contributed by atoms with van der Waals surface area (Å²) in [5.41, 5.74) is 3.39. The van der Waals surface area contributed by atoms with Crippen molar-refractivity contribution in [3.8, 4) is 0 Å². The van der Waals surface area contributed by atoms with Crippen molar-refractivity contribution < 1.29 is 19.1 Å². The van der Waals surface area contributed by atoms with E-state index in [4.69, 9.17) is 11.6 Å². The molecule has 0 radical (unpaired) electrons. The number of rotatable bonds is 4. The van der Waals surface area contributed by atoms with Crippen LogP contribution in [0.15, 0.2) is 60.9 Å². The molecule has 0 saturated carbocycles. The number of amides is 2. The molecule has 4 aromatic rings. The molecule has 1 aliphatic rings. The molecule has 9 heteroatoms. The van der Waals surface area contributed by atoms with Gasteiger partial charge in [0.2, 0.25) is 0 Å². The summed E-state index contributed by atoms with van der Waals surface area (Å²) in [6, 6.07) is 12.0. The standard InChI is InChI=1S/C25H20ClFN4O3/c1-13-2-7-22-28-11-20(31(22)12-13)25(34)29-19-9-14(3-6-18(19)27)24(33)30-23-17-5-4-16(26)8-15(17)10-21(23)32/h2-9,11-12,21,23,32H,10H2,1H3,(H,29,34)(H,30,33)/t21-,23-/m1/s1. The Hall–Kier alpha value is -3.75. The maximum atomic E-state index is 14.5. The highest BCUT2D eigenvalue weighted by Crippen LogP contribution is 2.33. The van der Waals surface area contributed by atoms with Gasteiger partial charge in [0.15, 0.2) is 0 Å². The van der Waals surface area contributed by atoms with Crippen molar-refractivity contribution in [3.63, 3.8) is 0 Å². The van der Waals surface area contributed by atoms with Gasteiger partial charge >= 0.3 is 0 Å². The molecule has 7 nitrogen and oxygen atoms in total. The van der Waals surface area contributed by atoms with Gasteiger partial charge in [0, 0.05) is 23.2 Å². The Balaban J connectivity index is 1.37. The highest BCUT2D eigenvalue weighted by atomic mass is 35.5. The highest BCUT2D eigenvalue weighted by Gasteiger charge is 2.32. The molecule has 2 aromatic carbocycles. The molecule has 172 valence electrons. The molecular weight excluding hydrogens is 459 g/mol. The molecule has 0 fully saturated rings. The third-order valence-corrected chi connectivity index (χ3v) is 6.14. The van der Waals surface area contributed by atoms with E-state index in [-0.39, 0.29) is 16.9 Å². The minimum absolute atomic E-state index is 0.139. The third kappa shape index (κ3) is 4.02. The molecule has 2 aromatic heterocycles. The fraction of sp³-hybridized carbons (Fsp3) is 0.160. The molecule has 0 unspecified atom stereocenters. The first-order chi connectivity index (χ1) is 16.3. The minimum Gasteiger partial charge on any atom is -0.390 e. The van der Waals surface area contributed by atoms with Crippen LogP contribution in [0.4, 0.5) is 10.1 Å². The Bertz CT molecular complexity index is 1450. The average Bonchev–Trinajstić information content (AvgIpc) is 3.35. The fourth-order valence-corrected chi connectivity index (χ4v) is 4.40. The number of carbonyl (C=O) groups excluding carboxylic acids is 2. The number of nitrogens with zero attached hydrogens (tertiary/aromatic N) is 2. The van der Waals surface area contributed by atoms with Gasteiger partial charge in [-0.2, -0.15) is 0 Å². The van der Waals surface area contributed by atoms with Gasteiger partial charge in [-0.3, -0.25) is 14.0 Å². The van der Waals surface area contributed by atoms with E-state index in [0.717, 1.165) is 22.8 Å². The Morgan fingerprint density at radius 3 is 2.79 bits per heavy atom. The van der Waals surface area contributed by atoms with Crippen LogP contribution in [-0.4, -0.2) is 32.4 Å². The normalized spacial score (nSPS) is 16.9. The number of halogens is 2. The van der Waals surface area contributed by atoms with Gasteiger partial charge in [-0.15, -0.1) is 0 Å². The molecule has 2 amide bonds. The molecule has 1 aliphatic carbocycles. The molecule has 2 heterocycles. The number of pyridine rings is 1. The first kappa shape index (κ1) is 22.1. The topological polar surface area (TPSA) is 95.7 Å². The average molecular weight is 479 g/mol. The van der Waals surface area contributed by atoms with Crippen LogP contribution in [-0.2, 0) is 6.42 Å². The summed E-state index contributed by atoms with van der Waals surface area (Å²) >= 11 is 6.03. The number of hydrogen-bond acceptors (Lipinski definition) is 4. The number of fused-ring (bicyclic) bond motifs is 2. The quantitative estimate of drug-likeness (QED) is 0.412. The number of benzene rings is 2. The lowest BCUT2D eigenvalue weighted by molar-refractivity contribution is 0.0857. The molecule has 2 atom stereocenters. The first-order valence-corrected chi connectivity index (χ1v) is 11.0. The van der Waals surface area contributed by atoms with Crippen LogP contribution < -0.4 is 10.6 Å². The predicted molar refractivity (Wildman–Crippen MR) is 126 cm³/mol. The van der Waals surface area contributed by atoms with Gasteiger partial charge in [-0.05, 0) is 60.0 Å². The van der Waals surface area contributed by atoms with E-state index in [2.05, 4.69) is 15.6 Å². The van der Waals surface area contributed by atoms with E-state index in [0.29, 0.717) is 17.1 Å². The van der Waals surface area contributed by atoms with Crippen LogP contribution in [0, 0.1) is 12.7 Å². The smallest absolute Gasteiger partial charge is 0.274 e. The minimum atomic E-state index is -0.810. The van der Waals surface area contributed by atoms with Crippen molar-refractivity contribution in [2.24, 2.45) is 0 Å². The number of nitrogens with one attached hydrogen (secondary N) is 2. The van der Waals surface area contributed by atoms with E-state index in [1.807, 2.05) is 13.0 Å². The molecule has 0 bridgehead atoms. The number of hydrogen-bond donors (Lipinski definition) is 3. The summed E-state index contributed by atoms with van der Waals surface area (Å²) in [5.74, 6) is -1.75. The van der Waals surface area contributed by atoms with Crippen molar-refractivity contribution in [1.29, 1.82) is 0 Å². The molecule has 0 saturated heterocycles. The lowest BCUT2D eigenvalue weighted by Gasteiger charge is -2.18. The predicted octanol–water partition coefficient (Wildman–Crippen LogP) is 4.08. The maximum absolute atomic E-state index is 14.5. The third-order valence-electron chi connectivity index (χ3n) is 5.90. The van der Waals surface area contributed by atoms with Crippen molar-refractivity contribution in [3.05, 3.63) is 99.7 Å². The van der Waals surface area contributed by atoms with Crippen molar-refractivity contribution >= 4 is 34.7 Å². The summed E-state index contributed by atoms with van der Waals surface area (Å²) in [7, 11) is 0. The molecule has 0 aliphatic heterocycles. The van der Waals surface area contributed by atoms with Gasteiger partial charge in [0.25, 0.3) is 11.8 Å². The van der Waals surface area contributed by atoms with Crippen LogP contribution >= 0.6 is 11.6 Å². The van der Waals surface area contributed by atoms with Crippen LogP contribution in [0.5, 0.6) is 0 Å². The number of aliphatic hydroxyl groups is 1. The lowest BCUT2D eigenvalue weighted by atomic mass is 10.1. The Morgan fingerprint density at radius 2 is 1.97 bits per heavy atom. The van der Waals surface area contributed by atoms with E-state index in [9.17, 15) is 19.1 Å². The van der Waals surface area contributed by atoms with Crippen LogP contribution in [0.25, 0.3) is 5.65 Å². The maximum Gasteiger partial charge on any atom is 0.274 e. The zero-order valence-electron chi connectivity index (χ0n) is 18.0. The van der Waals surface area contributed by atoms with Crippen LogP contribution in [0.1, 0.15) is 43.6 Å². The second-order valence-corrected chi connectivity index (χ2v) is 8.73. The first-order valence-electron chi connectivity index (χ1n) is 10.6. The molecule has 3 N–H and O–H groups in total. The number of imidazole rings is 1. The van der Waals surface area contributed by atoms with E-state index < -0.39 is 29.8 Å². The Labute approximate surface area is 199 Å². The van der Waals surface area contributed by atoms with E-state index in [1.165, 1.54) is 18.3 Å². The van der Waals surface area contributed by atoms with E-state index in [1.54, 1.807) is 34.9 Å². The van der Waals surface area contributed by atoms with Crippen molar-refractivity contribution in [2.75, 3.05) is 5.32 Å². The Kier molecular flexibility index (Phi) is 5.55. The van der Waals surface area contributed by atoms with Gasteiger partial charge < -0.3 is 15.7 Å². The summed E-state index contributed by atoms with van der Waals surface area (Å²) in [4.78, 5) is 29.9. The van der Waals surface area contributed by atoms with Gasteiger partial charge in [0.1, 0.15) is 17.2 Å². The number of carbonyl (C=O) groups is 2. The Morgan fingerprint density at radius 1 is 1.15 bits per heavy atom. The number of aromatic nitrogens is 2. The zero-order valence-corrected chi connectivity index (χ0v) is 18.8. The molecule has 0 spiro atoms. The van der Waals surface area contributed by atoms with Gasteiger partial charge in [-0.25, -0.2) is 9.37 Å². The van der Waals surface area contributed by atoms with E-state index >= 15 is 0 Å². The second kappa shape index (κ2) is 8.55. The van der Waals surface area contributed by atoms with Gasteiger partial charge in [0.05, 0.1) is 24.0 Å². The number of aliphatic hydroxyl groups excluding tert-OH is 1. The van der Waals surface area contributed by atoms with Crippen LogP contribution in [0.2, 0.25) is 5.02 Å². The SMILES string of the molecule is Cc1ccc2ncc(C(=O)Nc3cc(C(=O)N[C@@H]4c5ccc(Cl)cc5C[C@H]4O)ccc3F)n2c1. The largest absolute Gasteiger partial charge is 0.390 e. The number of aryl methyl sites for hydroxylation is 1. The lowest BCUT2D eigenvalue weighted by Crippen LogP contribution is -2.34. The molecule has 5 rings (SSSR count).